The fourth-order valence-electron chi connectivity index (χ4n) is 4.85. The number of fused-ring (bicyclic) bond motifs is 1. The van der Waals surface area contributed by atoms with Gasteiger partial charge in [-0.1, -0.05) is 0 Å². The molecule has 0 aromatic carbocycles. The van der Waals surface area contributed by atoms with Gasteiger partial charge >= 0.3 is 0 Å². The first-order valence-electron chi connectivity index (χ1n) is 9.93. The number of hydrogen-bond donors (Lipinski definition) is 1. The third-order valence-corrected chi connectivity index (χ3v) is 6.85. The number of likely N-dealkylation sites (N-methyl/N-ethyl adjacent to an activating group) is 1. The van der Waals surface area contributed by atoms with E-state index in [1.807, 2.05) is 6.07 Å². The molecule has 0 saturated carbocycles. The van der Waals surface area contributed by atoms with Crippen LogP contribution in [0.4, 0.5) is 17.7 Å². The van der Waals surface area contributed by atoms with Crippen molar-refractivity contribution in [3.05, 3.63) is 18.5 Å². The number of nitrogens with two attached hydrogens (primary N) is 1. The molecule has 4 aliphatic rings. The van der Waals surface area contributed by atoms with Crippen molar-refractivity contribution in [2.24, 2.45) is 0 Å². The standard InChI is InChI=1S/C19H24N8O/c1-25-4-2-3-19(25)10-26(11-19)18-23-13(12-6-21-17(20)22-7-12)5-16(24-18)27-8-15-14(27)9-28-15/h5-7,14-15H,2-4,8-11H2,1H3,(H2,20,21,22)/t14-,15?/m1/s1. The highest BCUT2D eigenvalue weighted by Crippen LogP contribution is 2.40. The normalized spacial score (nSPS) is 27.9. The van der Waals surface area contributed by atoms with Gasteiger partial charge in [-0.25, -0.2) is 15.0 Å². The van der Waals surface area contributed by atoms with Gasteiger partial charge in [0.1, 0.15) is 5.82 Å². The Hall–Kier alpha value is -2.52. The smallest absolute Gasteiger partial charge is 0.228 e. The zero-order valence-electron chi connectivity index (χ0n) is 16.0. The van der Waals surface area contributed by atoms with E-state index in [9.17, 15) is 0 Å². The summed E-state index contributed by atoms with van der Waals surface area (Å²) in [4.78, 5) is 25.1. The molecule has 2 aromatic heterocycles. The summed E-state index contributed by atoms with van der Waals surface area (Å²) < 4.78 is 5.56. The Labute approximate surface area is 163 Å². The van der Waals surface area contributed by atoms with Crippen molar-refractivity contribution in [2.75, 3.05) is 55.4 Å². The van der Waals surface area contributed by atoms with Crippen molar-refractivity contribution < 1.29 is 4.74 Å². The predicted octanol–water partition coefficient (Wildman–Crippen LogP) is 0.388. The number of nitrogens with zero attached hydrogens (tertiary/aromatic N) is 7. The lowest BCUT2D eigenvalue weighted by Gasteiger charge is -2.55. The van der Waals surface area contributed by atoms with Crippen LogP contribution in [0.5, 0.6) is 0 Å². The molecule has 6 heterocycles. The van der Waals surface area contributed by atoms with Gasteiger partial charge in [0.15, 0.2) is 0 Å². The van der Waals surface area contributed by atoms with Crippen LogP contribution in [0.15, 0.2) is 18.5 Å². The molecule has 28 heavy (non-hydrogen) atoms. The highest BCUT2D eigenvalue weighted by atomic mass is 16.5. The van der Waals surface area contributed by atoms with Gasteiger partial charge in [-0.05, 0) is 26.4 Å². The van der Waals surface area contributed by atoms with Gasteiger partial charge in [0.05, 0.1) is 30.0 Å². The molecule has 4 saturated heterocycles. The Morgan fingerprint density at radius 2 is 2.04 bits per heavy atom. The second-order valence-corrected chi connectivity index (χ2v) is 8.44. The van der Waals surface area contributed by atoms with Gasteiger partial charge in [0, 0.05) is 43.7 Å². The summed E-state index contributed by atoms with van der Waals surface area (Å²) in [5.74, 6) is 2.02. The molecule has 9 nitrogen and oxygen atoms in total. The Kier molecular flexibility index (Phi) is 3.37. The predicted molar refractivity (Wildman–Crippen MR) is 105 cm³/mol. The summed E-state index contributed by atoms with van der Waals surface area (Å²) in [6, 6.07) is 2.48. The zero-order chi connectivity index (χ0) is 18.9. The van der Waals surface area contributed by atoms with E-state index in [0.29, 0.717) is 17.7 Å². The maximum Gasteiger partial charge on any atom is 0.228 e. The van der Waals surface area contributed by atoms with Crippen LogP contribution in [0.1, 0.15) is 12.8 Å². The van der Waals surface area contributed by atoms with Gasteiger partial charge in [-0.15, -0.1) is 0 Å². The lowest BCUT2D eigenvalue weighted by atomic mass is 9.87. The Morgan fingerprint density at radius 3 is 2.64 bits per heavy atom. The quantitative estimate of drug-likeness (QED) is 0.811. The molecule has 0 bridgehead atoms. The van der Waals surface area contributed by atoms with E-state index in [1.165, 1.54) is 19.4 Å². The molecule has 146 valence electrons. The zero-order valence-corrected chi connectivity index (χ0v) is 16.0. The van der Waals surface area contributed by atoms with Gasteiger partial charge < -0.3 is 20.3 Å². The number of nitrogen functional groups attached to an aromatic ring is 1. The van der Waals surface area contributed by atoms with Crippen molar-refractivity contribution >= 4 is 17.7 Å². The molecule has 4 aliphatic heterocycles. The van der Waals surface area contributed by atoms with Gasteiger partial charge in [0.25, 0.3) is 0 Å². The molecule has 6 rings (SSSR count). The first kappa shape index (κ1) is 16.4. The molecule has 1 unspecified atom stereocenters. The average Bonchev–Trinajstić information content (AvgIpc) is 3.04. The lowest BCUT2D eigenvalue weighted by Crippen LogP contribution is -2.71. The number of aromatic nitrogens is 4. The number of morpholine rings is 1. The average molecular weight is 380 g/mol. The summed E-state index contributed by atoms with van der Waals surface area (Å²) in [5, 5.41) is 0. The number of ether oxygens (including phenoxy) is 1. The van der Waals surface area contributed by atoms with Crippen molar-refractivity contribution in [1.82, 2.24) is 24.8 Å². The minimum atomic E-state index is 0.268. The molecule has 0 amide bonds. The minimum absolute atomic E-state index is 0.268. The Morgan fingerprint density at radius 1 is 1.21 bits per heavy atom. The van der Waals surface area contributed by atoms with E-state index in [2.05, 4.69) is 31.7 Å². The van der Waals surface area contributed by atoms with E-state index in [1.54, 1.807) is 12.4 Å². The van der Waals surface area contributed by atoms with Crippen LogP contribution in [0.2, 0.25) is 0 Å². The first-order chi connectivity index (χ1) is 13.6. The third kappa shape index (κ3) is 2.32. The number of anilines is 3. The van der Waals surface area contributed by atoms with E-state index in [0.717, 1.165) is 49.3 Å². The molecule has 0 radical (unpaired) electrons. The highest BCUT2D eigenvalue weighted by Gasteiger charge is 2.50. The Bertz CT molecular complexity index is 913. The lowest BCUT2D eigenvalue weighted by molar-refractivity contribution is -0.113. The molecule has 4 fully saturated rings. The van der Waals surface area contributed by atoms with Crippen molar-refractivity contribution in [2.45, 2.75) is 30.5 Å². The van der Waals surface area contributed by atoms with E-state index >= 15 is 0 Å². The van der Waals surface area contributed by atoms with Crippen LogP contribution in [0.3, 0.4) is 0 Å². The summed E-state index contributed by atoms with van der Waals surface area (Å²) in [6.07, 6.45) is 6.35. The topological polar surface area (TPSA) is 96.5 Å². The molecule has 9 heteroatoms. The fourth-order valence-corrected chi connectivity index (χ4v) is 4.85. The highest BCUT2D eigenvalue weighted by molar-refractivity contribution is 5.65. The largest absolute Gasteiger partial charge is 0.372 e. The van der Waals surface area contributed by atoms with Crippen LogP contribution in [-0.4, -0.2) is 82.4 Å². The number of rotatable bonds is 3. The molecule has 0 aliphatic carbocycles. The summed E-state index contributed by atoms with van der Waals surface area (Å²) in [6.45, 7) is 4.83. The van der Waals surface area contributed by atoms with E-state index in [-0.39, 0.29) is 5.95 Å². The number of likely N-dealkylation sites (tertiary alicyclic amines) is 1. The van der Waals surface area contributed by atoms with Crippen molar-refractivity contribution in [3.63, 3.8) is 0 Å². The molecule has 2 N–H and O–H groups in total. The maximum atomic E-state index is 5.65. The first-order valence-corrected chi connectivity index (χ1v) is 9.93. The van der Waals surface area contributed by atoms with Gasteiger partial charge in [0.2, 0.25) is 11.9 Å². The van der Waals surface area contributed by atoms with Crippen LogP contribution < -0.4 is 15.5 Å². The SMILES string of the molecule is CN1CCCC12CN(c1nc(-c3cnc(N)nc3)cc(N3CC4OC[C@H]43)n1)C2. The van der Waals surface area contributed by atoms with Crippen LogP contribution in [0, 0.1) is 0 Å². The van der Waals surface area contributed by atoms with Crippen LogP contribution >= 0.6 is 0 Å². The summed E-state index contributed by atoms with van der Waals surface area (Å²) in [5.41, 5.74) is 7.65. The van der Waals surface area contributed by atoms with Crippen molar-refractivity contribution in [3.8, 4) is 11.3 Å². The van der Waals surface area contributed by atoms with E-state index in [4.69, 9.17) is 20.4 Å². The van der Waals surface area contributed by atoms with Crippen molar-refractivity contribution in [1.29, 1.82) is 0 Å². The molecule has 2 atom stereocenters. The number of hydrogen-bond acceptors (Lipinski definition) is 9. The third-order valence-electron chi connectivity index (χ3n) is 6.85. The monoisotopic (exact) mass is 380 g/mol. The molecular formula is C19H24N8O. The summed E-state index contributed by atoms with van der Waals surface area (Å²) in [7, 11) is 2.23. The molecule has 2 aromatic rings. The summed E-state index contributed by atoms with van der Waals surface area (Å²) >= 11 is 0. The second kappa shape index (κ2) is 5.74. The van der Waals surface area contributed by atoms with Gasteiger partial charge in [-0.3, -0.25) is 4.90 Å². The van der Waals surface area contributed by atoms with Crippen LogP contribution in [-0.2, 0) is 4.74 Å². The fraction of sp³-hybridized carbons (Fsp3) is 0.579. The maximum absolute atomic E-state index is 5.65. The second-order valence-electron chi connectivity index (χ2n) is 8.44. The van der Waals surface area contributed by atoms with Gasteiger partial charge in [-0.2, -0.15) is 4.98 Å². The van der Waals surface area contributed by atoms with Crippen LogP contribution in [0.25, 0.3) is 11.3 Å². The Balaban J connectivity index is 1.34. The minimum Gasteiger partial charge on any atom is -0.372 e. The molecule has 1 spiro atoms. The molecular weight excluding hydrogens is 356 g/mol. The van der Waals surface area contributed by atoms with E-state index < -0.39 is 0 Å².